The Morgan fingerprint density at radius 1 is 0.909 bits per heavy atom. The zero-order valence-corrected chi connectivity index (χ0v) is 25.3. The van der Waals surface area contributed by atoms with Crippen molar-refractivity contribution in [2.24, 2.45) is 7.05 Å². The molecule has 4 rings (SSSR count). The third-order valence-electron chi connectivity index (χ3n) is 7.59. The van der Waals surface area contributed by atoms with Gasteiger partial charge in [0.2, 0.25) is 5.95 Å². The van der Waals surface area contributed by atoms with Crippen LogP contribution in [0.5, 0.6) is 0 Å². The predicted molar refractivity (Wildman–Crippen MR) is 157 cm³/mol. The van der Waals surface area contributed by atoms with Crippen LogP contribution in [-0.4, -0.2) is 38.9 Å². The molecule has 0 radical (unpaired) electrons. The number of aryl methyl sites for hydroxylation is 3. The van der Waals surface area contributed by atoms with Gasteiger partial charge in [-0.1, -0.05) is 6.07 Å². The van der Waals surface area contributed by atoms with Crippen LogP contribution < -0.4 is 9.80 Å². The molecule has 14 heteroatoms. The summed E-state index contributed by atoms with van der Waals surface area (Å²) in [6.45, 7) is 3.05. The lowest BCUT2D eigenvalue weighted by atomic mass is 9.89. The smallest absolute Gasteiger partial charge is 0.416 e. The van der Waals surface area contributed by atoms with Gasteiger partial charge in [-0.25, -0.2) is 4.98 Å². The number of nitrogens with zero attached hydrogens (tertiary/aromatic N) is 5. The number of carboxylic acid groups (broad SMARTS) is 1. The quantitative estimate of drug-likeness (QED) is 0.163. The fourth-order valence-corrected chi connectivity index (χ4v) is 5.48. The fourth-order valence-electron chi connectivity index (χ4n) is 5.48. The molecular weight excluding hydrogens is 612 g/mol. The van der Waals surface area contributed by atoms with Crippen LogP contribution in [0.1, 0.15) is 72.4 Å². The van der Waals surface area contributed by atoms with Crippen LogP contribution >= 0.6 is 12.4 Å². The molecule has 44 heavy (non-hydrogen) atoms. The molecule has 242 valence electrons. The molecular formula is C30H36ClF6N5O2. The van der Waals surface area contributed by atoms with Crippen molar-refractivity contribution in [3.05, 3.63) is 70.0 Å². The van der Waals surface area contributed by atoms with Crippen LogP contribution in [0.3, 0.4) is 0 Å². The SMILES string of the molecule is CCN(CCCCC(=O)O)c1cc2c(cc1CN(Cc1cc(C(F)(F)F)cc(C(F)(F)F)c1)c1ncn(C)n1)CCCC2.Cl. The molecule has 0 atom stereocenters. The molecule has 2 aromatic carbocycles. The predicted octanol–water partition coefficient (Wildman–Crippen LogP) is 7.44. The molecule has 0 saturated carbocycles. The van der Waals surface area contributed by atoms with Gasteiger partial charge in [0.1, 0.15) is 6.33 Å². The average Bonchev–Trinajstić information content (AvgIpc) is 3.37. The van der Waals surface area contributed by atoms with E-state index < -0.39 is 29.4 Å². The van der Waals surface area contributed by atoms with Gasteiger partial charge in [-0.3, -0.25) is 9.48 Å². The number of halogens is 7. The summed E-state index contributed by atoms with van der Waals surface area (Å²) >= 11 is 0. The van der Waals surface area contributed by atoms with Crippen molar-refractivity contribution < 1.29 is 36.2 Å². The molecule has 0 unspecified atom stereocenters. The van der Waals surface area contributed by atoms with Gasteiger partial charge >= 0.3 is 18.3 Å². The number of benzene rings is 2. The zero-order chi connectivity index (χ0) is 31.4. The molecule has 1 N–H and O–H groups in total. The van der Waals surface area contributed by atoms with Crippen molar-refractivity contribution in [3.8, 4) is 0 Å². The Morgan fingerprint density at radius 2 is 1.52 bits per heavy atom. The number of aromatic nitrogens is 3. The maximum absolute atomic E-state index is 13.6. The van der Waals surface area contributed by atoms with E-state index in [-0.39, 0.29) is 49.5 Å². The molecule has 3 aromatic rings. The first kappa shape index (κ1) is 35.0. The lowest BCUT2D eigenvalue weighted by Gasteiger charge is -2.31. The standard InChI is InChI=1S/C30H35F6N5O2.ClH/c1-3-40(11-7-6-10-27(42)43)26-15-22-9-5-4-8-21(22)14-23(26)18-41(28-37-19-39(2)38-28)17-20-12-24(29(31,32)33)16-25(13-20)30(34,35)36;/h12-16,19H,3-11,17-18H2,1-2H3,(H,42,43);1H. The second-order valence-corrected chi connectivity index (χ2v) is 10.9. The van der Waals surface area contributed by atoms with Crippen molar-refractivity contribution in [3.63, 3.8) is 0 Å². The van der Waals surface area contributed by atoms with Crippen molar-refractivity contribution in [1.82, 2.24) is 14.8 Å². The van der Waals surface area contributed by atoms with Gasteiger partial charge < -0.3 is 14.9 Å². The average molecular weight is 648 g/mol. The second-order valence-electron chi connectivity index (χ2n) is 10.9. The summed E-state index contributed by atoms with van der Waals surface area (Å²) in [7, 11) is 1.63. The van der Waals surface area contributed by atoms with E-state index in [0.29, 0.717) is 25.9 Å². The van der Waals surface area contributed by atoms with Gasteiger partial charge in [0.15, 0.2) is 0 Å². The summed E-state index contributed by atoms with van der Waals surface area (Å²) in [6.07, 6.45) is -3.43. The number of aliphatic carboxylic acids is 1. The molecule has 0 bridgehead atoms. The fraction of sp³-hybridized carbons (Fsp3) is 0.500. The lowest BCUT2D eigenvalue weighted by Crippen LogP contribution is -2.29. The number of hydrogen-bond acceptors (Lipinski definition) is 5. The minimum atomic E-state index is -4.96. The van der Waals surface area contributed by atoms with E-state index in [0.717, 1.165) is 49.1 Å². The second kappa shape index (κ2) is 14.5. The first-order valence-electron chi connectivity index (χ1n) is 14.2. The topological polar surface area (TPSA) is 74.5 Å². The van der Waals surface area contributed by atoms with Crippen LogP contribution in [0.2, 0.25) is 0 Å². The van der Waals surface area contributed by atoms with Crippen LogP contribution in [0.4, 0.5) is 38.0 Å². The number of carboxylic acids is 1. The summed E-state index contributed by atoms with van der Waals surface area (Å²) in [4.78, 5) is 19.0. The van der Waals surface area contributed by atoms with E-state index in [2.05, 4.69) is 27.1 Å². The highest BCUT2D eigenvalue weighted by Crippen LogP contribution is 2.37. The number of unbranched alkanes of at least 4 members (excludes halogenated alkanes) is 1. The van der Waals surface area contributed by atoms with E-state index in [1.807, 2.05) is 6.92 Å². The molecule has 0 aliphatic heterocycles. The van der Waals surface area contributed by atoms with Crippen molar-refractivity contribution in [1.29, 1.82) is 0 Å². The summed E-state index contributed by atoms with van der Waals surface area (Å²) in [5, 5.41) is 13.3. The molecule has 1 aliphatic rings. The van der Waals surface area contributed by atoms with Gasteiger partial charge in [0, 0.05) is 45.3 Å². The highest BCUT2D eigenvalue weighted by molar-refractivity contribution is 5.85. The largest absolute Gasteiger partial charge is 0.481 e. The van der Waals surface area contributed by atoms with Crippen LogP contribution in [-0.2, 0) is 50.1 Å². The van der Waals surface area contributed by atoms with Gasteiger partial charge in [-0.15, -0.1) is 17.5 Å². The van der Waals surface area contributed by atoms with Gasteiger partial charge in [0.25, 0.3) is 0 Å². The molecule has 1 heterocycles. The van der Waals surface area contributed by atoms with E-state index in [9.17, 15) is 31.1 Å². The number of rotatable bonds is 12. The summed E-state index contributed by atoms with van der Waals surface area (Å²) < 4.78 is 83.1. The number of fused-ring (bicyclic) bond motifs is 1. The van der Waals surface area contributed by atoms with Gasteiger partial charge in [-0.05, 0) is 92.0 Å². The summed E-state index contributed by atoms with van der Waals surface area (Å²) in [5.41, 5.74) is 1.20. The highest BCUT2D eigenvalue weighted by Gasteiger charge is 2.37. The third-order valence-corrected chi connectivity index (χ3v) is 7.59. The number of anilines is 2. The molecule has 0 saturated heterocycles. The minimum absolute atomic E-state index is 0. The normalized spacial score (nSPS) is 13.3. The van der Waals surface area contributed by atoms with Gasteiger partial charge in [-0.2, -0.15) is 26.3 Å². The molecule has 1 aromatic heterocycles. The molecule has 0 fully saturated rings. The zero-order valence-electron chi connectivity index (χ0n) is 24.5. The monoisotopic (exact) mass is 647 g/mol. The van der Waals surface area contributed by atoms with E-state index >= 15 is 0 Å². The van der Waals surface area contributed by atoms with Crippen LogP contribution in [0, 0.1) is 0 Å². The Kier molecular flexibility index (Phi) is 11.6. The van der Waals surface area contributed by atoms with Crippen LogP contribution in [0.25, 0.3) is 0 Å². The van der Waals surface area contributed by atoms with Crippen molar-refractivity contribution >= 4 is 30.0 Å². The van der Waals surface area contributed by atoms with E-state index in [1.54, 1.807) is 11.9 Å². The maximum Gasteiger partial charge on any atom is 0.416 e. The number of hydrogen-bond donors (Lipinski definition) is 1. The van der Waals surface area contributed by atoms with E-state index in [4.69, 9.17) is 5.11 Å². The van der Waals surface area contributed by atoms with Crippen LogP contribution in [0.15, 0.2) is 36.7 Å². The van der Waals surface area contributed by atoms with Crippen molar-refractivity contribution in [2.75, 3.05) is 22.9 Å². The Hall–Kier alpha value is -3.48. The maximum atomic E-state index is 13.6. The lowest BCUT2D eigenvalue weighted by molar-refractivity contribution is -0.143. The third kappa shape index (κ3) is 9.02. The number of carbonyl (C=O) groups is 1. The Morgan fingerprint density at radius 3 is 2.05 bits per heavy atom. The highest BCUT2D eigenvalue weighted by atomic mass is 35.5. The first-order valence-corrected chi connectivity index (χ1v) is 14.2. The minimum Gasteiger partial charge on any atom is -0.481 e. The summed E-state index contributed by atoms with van der Waals surface area (Å²) in [5.74, 6) is -0.694. The molecule has 0 spiro atoms. The summed E-state index contributed by atoms with van der Waals surface area (Å²) in [6, 6.07) is 5.80. The Labute approximate surface area is 258 Å². The Bertz CT molecular complexity index is 1390. The Balaban J connectivity index is 0.00000529. The molecule has 7 nitrogen and oxygen atoms in total. The first-order chi connectivity index (χ1) is 20.2. The number of alkyl halides is 6. The van der Waals surface area contributed by atoms with Crippen molar-refractivity contribution in [2.45, 2.75) is 77.3 Å². The molecule has 0 amide bonds. The van der Waals surface area contributed by atoms with Gasteiger partial charge in [0.05, 0.1) is 11.1 Å². The van der Waals surface area contributed by atoms with E-state index in [1.165, 1.54) is 22.1 Å². The molecule has 1 aliphatic carbocycles.